The number of anilines is 2. The van der Waals surface area contributed by atoms with Crippen molar-refractivity contribution in [3.63, 3.8) is 0 Å². The highest BCUT2D eigenvalue weighted by Crippen LogP contribution is 2.49. The maximum Gasteiger partial charge on any atom is 0.155 e. The molecular formula is C30H26N8O2. The number of rotatable bonds is 5. The minimum absolute atomic E-state index is 0.775. The first kappa shape index (κ1) is 23.1. The number of morpholine rings is 1. The number of pyridine rings is 2. The van der Waals surface area contributed by atoms with E-state index in [9.17, 15) is 0 Å². The molecule has 0 unspecified atom stereocenters. The molecule has 2 aromatic carbocycles. The molecule has 6 aromatic rings. The SMILES string of the molecule is c1cc2c(cc1-c1cnc3[nH]ncc3c1)Oc1cc(-c3cnc4[nH]ncc4c3)ccc1N2CCN1CCOCC1. The van der Waals surface area contributed by atoms with Crippen molar-refractivity contribution < 1.29 is 9.47 Å². The summed E-state index contributed by atoms with van der Waals surface area (Å²) in [5, 5.41) is 16.0. The molecule has 10 nitrogen and oxygen atoms in total. The molecule has 0 aliphatic carbocycles. The normalized spacial score (nSPS) is 15.2. The first-order chi connectivity index (χ1) is 19.8. The summed E-state index contributed by atoms with van der Waals surface area (Å²) in [7, 11) is 0. The number of hydrogen-bond acceptors (Lipinski definition) is 8. The van der Waals surface area contributed by atoms with Crippen molar-refractivity contribution in [3.8, 4) is 33.8 Å². The standard InChI is InChI=1S/C30H26N8O2/c1-3-25-27(13-19(1)21-11-23-17-33-35-29(23)31-15-21)40-28-14-20(22-12-24-18-34-36-30(24)32-16-22)2-4-26(28)38(25)6-5-37-7-9-39-10-8-37/h1-4,11-18H,5-10H2,(H,31,33,35)(H,32,34,36). The first-order valence-corrected chi connectivity index (χ1v) is 13.4. The summed E-state index contributed by atoms with van der Waals surface area (Å²) in [6.07, 6.45) is 7.32. The van der Waals surface area contributed by atoms with Crippen LogP contribution in [0.5, 0.6) is 11.5 Å². The number of H-pyrrole nitrogens is 2. The highest BCUT2D eigenvalue weighted by molar-refractivity contribution is 5.86. The van der Waals surface area contributed by atoms with Crippen LogP contribution >= 0.6 is 0 Å². The van der Waals surface area contributed by atoms with Gasteiger partial charge in [0.1, 0.15) is 0 Å². The van der Waals surface area contributed by atoms with E-state index in [0.29, 0.717) is 0 Å². The minimum atomic E-state index is 0.775. The molecule has 0 amide bonds. The summed E-state index contributed by atoms with van der Waals surface area (Å²) >= 11 is 0. The first-order valence-electron chi connectivity index (χ1n) is 13.4. The molecule has 1 saturated heterocycles. The lowest BCUT2D eigenvalue weighted by Crippen LogP contribution is -2.41. The highest BCUT2D eigenvalue weighted by Gasteiger charge is 2.26. The lowest BCUT2D eigenvalue weighted by molar-refractivity contribution is 0.0394. The second-order valence-electron chi connectivity index (χ2n) is 10.1. The van der Waals surface area contributed by atoms with E-state index in [4.69, 9.17) is 9.47 Å². The topological polar surface area (TPSA) is 108 Å². The monoisotopic (exact) mass is 530 g/mol. The van der Waals surface area contributed by atoms with E-state index in [1.807, 2.05) is 12.4 Å². The van der Waals surface area contributed by atoms with E-state index < -0.39 is 0 Å². The zero-order chi connectivity index (χ0) is 26.5. The number of nitrogens with one attached hydrogen (secondary N) is 2. The fourth-order valence-corrected chi connectivity index (χ4v) is 5.54. The van der Waals surface area contributed by atoms with Crippen LogP contribution in [0.15, 0.2) is 73.3 Å². The van der Waals surface area contributed by atoms with Crippen LogP contribution in [0.1, 0.15) is 0 Å². The maximum atomic E-state index is 6.62. The van der Waals surface area contributed by atoms with E-state index in [1.165, 1.54) is 0 Å². The smallest absolute Gasteiger partial charge is 0.155 e. The molecule has 0 atom stereocenters. The Balaban J connectivity index is 1.18. The fraction of sp³-hybridized carbons (Fsp3) is 0.200. The molecule has 40 heavy (non-hydrogen) atoms. The zero-order valence-corrected chi connectivity index (χ0v) is 21.7. The van der Waals surface area contributed by atoms with E-state index in [2.05, 4.69) is 88.7 Å². The molecule has 2 aliphatic rings. The Hall–Kier alpha value is -4.80. The van der Waals surface area contributed by atoms with Gasteiger partial charge >= 0.3 is 0 Å². The summed E-state index contributed by atoms with van der Waals surface area (Å²) in [6, 6.07) is 17.0. The van der Waals surface area contributed by atoms with Gasteiger partial charge in [0.05, 0.1) is 37.0 Å². The Morgan fingerprint density at radius 1 is 0.650 bits per heavy atom. The largest absolute Gasteiger partial charge is 0.453 e. The molecule has 0 spiro atoms. The molecule has 8 rings (SSSR count). The van der Waals surface area contributed by atoms with Crippen LogP contribution in [0.25, 0.3) is 44.3 Å². The van der Waals surface area contributed by atoms with Crippen molar-refractivity contribution >= 4 is 33.4 Å². The molecule has 0 radical (unpaired) electrons. The Morgan fingerprint density at radius 3 is 1.80 bits per heavy atom. The molecule has 2 N–H and O–H groups in total. The van der Waals surface area contributed by atoms with Gasteiger partial charge in [-0.15, -0.1) is 0 Å². The predicted molar refractivity (Wildman–Crippen MR) is 153 cm³/mol. The lowest BCUT2D eigenvalue weighted by atomic mass is 10.0. The van der Waals surface area contributed by atoms with Crippen LogP contribution in [0.2, 0.25) is 0 Å². The third-order valence-corrected chi connectivity index (χ3v) is 7.71. The summed E-state index contributed by atoms with van der Waals surface area (Å²) in [5.41, 5.74) is 7.76. The van der Waals surface area contributed by atoms with Crippen molar-refractivity contribution in [1.82, 2.24) is 35.3 Å². The Morgan fingerprint density at radius 2 is 1.23 bits per heavy atom. The Kier molecular flexibility index (Phi) is 5.45. The Labute approximate surface area is 229 Å². The number of nitrogens with zero attached hydrogens (tertiary/aromatic N) is 6. The minimum Gasteiger partial charge on any atom is -0.453 e. The van der Waals surface area contributed by atoms with Gasteiger partial charge in [-0.1, -0.05) is 12.1 Å². The van der Waals surface area contributed by atoms with Gasteiger partial charge < -0.3 is 14.4 Å². The van der Waals surface area contributed by atoms with Gasteiger partial charge in [-0.05, 0) is 47.5 Å². The molecular weight excluding hydrogens is 504 g/mol. The fourth-order valence-electron chi connectivity index (χ4n) is 5.54. The molecule has 10 heteroatoms. The third kappa shape index (κ3) is 4.05. The number of hydrogen-bond donors (Lipinski definition) is 2. The van der Waals surface area contributed by atoms with Gasteiger partial charge in [0.2, 0.25) is 0 Å². The van der Waals surface area contributed by atoms with Crippen molar-refractivity contribution in [2.24, 2.45) is 0 Å². The van der Waals surface area contributed by atoms with Crippen molar-refractivity contribution in [1.29, 1.82) is 0 Å². The van der Waals surface area contributed by atoms with Crippen LogP contribution in [0.3, 0.4) is 0 Å². The van der Waals surface area contributed by atoms with Crippen molar-refractivity contribution in [2.75, 3.05) is 44.3 Å². The summed E-state index contributed by atoms with van der Waals surface area (Å²) < 4.78 is 12.2. The zero-order valence-electron chi connectivity index (χ0n) is 21.7. The molecule has 0 bridgehead atoms. The lowest BCUT2D eigenvalue weighted by Gasteiger charge is -2.35. The van der Waals surface area contributed by atoms with Gasteiger partial charge in [0.15, 0.2) is 22.8 Å². The number of fused-ring (bicyclic) bond motifs is 4. The van der Waals surface area contributed by atoms with Crippen LogP contribution in [0.4, 0.5) is 11.4 Å². The predicted octanol–water partition coefficient (Wildman–Crippen LogP) is 5.14. The van der Waals surface area contributed by atoms with Gasteiger partial charge in [0.25, 0.3) is 0 Å². The molecule has 4 aromatic heterocycles. The van der Waals surface area contributed by atoms with E-state index in [1.54, 1.807) is 12.4 Å². The van der Waals surface area contributed by atoms with E-state index >= 15 is 0 Å². The van der Waals surface area contributed by atoms with Gasteiger partial charge in [0, 0.05) is 60.5 Å². The van der Waals surface area contributed by atoms with Gasteiger partial charge in [-0.3, -0.25) is 15.1 Å². The number of ether oxygens (including phenoxy) is 2. The van der Waals surface area contributed by atoms with Gasteiger partial charge in [-0.25, -0.2) is 9.97 Å². The molecule has 1 fully saturated rings. The molecule has 2 aliphatic heterocycles. The maximum absolute atomic E-state index is 6.62. The second-order valence-corrected chi connectivity index (χ2v) is 10.1. The molecule has 0 saturated carbocycles. The highest BCUT2D eigenvalue weighted by atomic mass is 16.5. The van der Waals surface area contributed by atoms with Crippen molar-refractivity contribution in [3.05, 3.63) is 73.3 Å². The average Bonchev–Trinajstić information content (AvgIpc) is 3.68. The van der Waals surface area contributed by atoms with Crippen LogP contribution in [-0.4, -0.2) is 74.7 Å². The molecule has 6 heterocycles. The quantitative estimate of drug-likeness (QED) is 0.316. The second kappa shape index (κ2) is 9.44. The molecule has 198 valence electrons. The van der Waals surface area contributed by atoms with Crippen LogP contribution in [-0.2, 0) is 4.74 Å². The number of aromatic amines is 2. The third-order valence-electron chi connectivity index (χ3n) is 7.71. The van der Waals surface area contributed by atoms with Crippen molar-refractivity contribution in [2.45, 2.75) is 0 Å². The summed E-state index contributed by atoms with van der Waals surface area (Å²) in [6.45, 7) is 5.25. The summed E-state index contributed by atoms with van der Waals surface area (Å²) in [5.74, 6) is 1.64. The number of benzene rings is 2. The van der Waals surface area contributed by atoms with Gasteiger partial charge in [-0.2, -0.15) is 10.2 Å². The Bertz CT molecular complexity index is 1730. The van der Waals surface area contributed by atoms with Crippen LogP contribution < -0.4 is 9.64 Å². The van der Waals surface area contributed by atoms with E-state index in [0.717, 1.165) is 107 Å². The number of aromatic nitrogens is 6. The average molecular weight is 531 g/mol. The summed E-state index contributed by atoms with van der Waals surface area (Å²) in [4.78, 5) is 13.9. The van der Waals surface area contributed by atoms with Crippen LogP contribution in [0, 0.1) is 0 Å². The van der Waals surface area contributed by atoms with E-state index in [-0.39, 0.29) is 0 Å².